The zero-order valence-electron chi connectivity index (χ0n) is 22.0. The van der Waals surface area contributed by atoms with Crippen LogP contribution >= 0.6 is 23.4 Å². The van der Waals surface area contributed by atoms with Gasteiger partial charge < -0.3 is 15.0 Å². The van der Waals surface area contributed by atoms with Gasteiger partial charge in [-0.1, -0.05) is 36.6 Å². The first-order valence-corrected chi connectivity index (χ1v) is 14.6. The topological polar surface area (TPSA) is 85.2 Å². The van der Waals surface area contributed by atoms with Crippen LogP contribution in [0.1, 0.15) is 25.7 Å². The summed E-state index contributed by atoms with van der Waals surface area (Å²) in [5, 5.41) is 8.49. The molecular formula is C29H31ClN6O2S. The number of carbonyl (C=O) groups excluding carboxylic acids is 1. The number of rotatable bonds is 9. The number of halogens is 1. The van der Waals surface area contributed by atoms with Crippen LogP contribution in [0, 0.1) is 0 Å². The predicted octanol–water partition coefficient (Wildman–Crippen LogP) is 6.87. The number of benzene rings is 2. The van der Waals surface area contributed by atoms with Gasteiger partial charge in [-0.15, -0.1) is 11.8 Å². The van der Waals surface area contributed by atoms with Gasteiger partial charge in [0.25, 0.3) is 0 Å². The summed E-state index contributed by atoms with van der Waals surface area (Å²) in [5.74, 6) is 1.85. The molecular weight excluding hydrogens is 532 g/mol. The van der Waals surface area contributed by atoms with Crippen LogP contribution in [-0.2, 0) is 6.54 Å². The van der Waals surface area contributed by atoms with Crippen LogP contribution in [0.5, 0.6) is 5.75 Å². The third-order valence-electron chi connectivity index (χ3n) is 6.95. The molecule has 1 aliphatic carbocycles. The molecule has 0 aliphatic heterocycles. The minimum absolute atomic E-state index is 0.0908. The lowest BCUT2D eigenvalue weighted by Gasteiger charge is -2.29. The first-order chi connectivity index (χ1) is 19.1. The number of anilines is 1. The zero-order chi connectivity index (χ0) is 27.2. The van der Waals surface area contributed by atoms with E-state index in [1.165, 1.54) is 0 Å². The number of nitrogens with one attached hydrogen (secondary N) is 1. The van der Waals surface area contributed by atoms with E-state index in [-0.39, 0.29) is 12.1 Å². The molecule has 2 heterocycles. The van der Waals surface area contributed by atoms with E-state index in [1.807, 2.05) is 70.4 Å². The van der Waals surface area contributed by atoms with Crippen LogP contribution < -0.4 is 10.1 Å². The number of thioether (sulfide) groups is 1. The molecule has 0 unspecified atom stereocenters. The third kappa shape index (κ3) is 6.20. The number of para-hydroxylation sites is 1. The highest BCUT2D eigenvalue weighted by Gasteiger charge is 2.28. The van der Waals surface area contributed by atoms with Crippen LogP contribution in [0.4, 0.5) is 10.5 Å². The number of amides is 2. The van der Waals surface area contributed by atoms with Gasteiger partial charge in [-0.25, -0.2) is 14.5 Å². The summed E-state index contributed by atoms with van der Waals surface area (Å²) in [6, 6.07) is 17.3. The first kappa shape index (κ1) is 27.0. The molecule has 1 saturated carbocycles. The average Bonchev–Trinajstić information content (AvgIpc) is 3.65. The number of hydrogen-bond donors (Lipinski definition) is 1. The maximum absolute atomic E-state index is 13.6. The summed E-state index contributed by atoms with van der Waals surface area (Å²) in [4.78, 5) is 25.6. The van der Waals surface area contributed by atoms with Gasteiger partial charge in [-0.3, -0.25) is 4.98 Å². The second-order valence-electron chi connectivity index (χ2n) is 9.33. The summed E-state index contributed by atoms with van der Waals surface area (Å²) in [6.07, 6.45) is 9.70. The molecule has 0 atom stereocenters. The van der Waals surface area contributed by atoms with Crippen molar-refractivity contribution in [1.82, 2.24) is 24.6 Å². The molecule has 10 heteroatoms. The van der Waals surface area contributed by atoms with Crippen LogP contribution in [0.15, 0.2) is 71.9 Å². The fraction of sp³-hybridized carbons (Fsp3) is 0.310. The van der Waals surface area contributed by atoms with Crippen LogP contribution in [0.3, 0.4) is 0 Å². The molecule has 4 aromatic rings. The van der Waals surface area contributed by atoms with Crippen LogP contribution in [0.2, 0.25) is 5.02 Å². The van der Waals surface area contributed by atoms with E-state index in [0.717, 1.165) is 47.4 Å². The molecule has 5 rings (SSSR count). The lowest BCUT2D eigenvalue weighted by molar-refractivity contribution is 0.184. The minimum atomic E-state index is -0.0908. The van der Waals surface area contributed by atoms with Gasteiger partial charge in [0, 0.05) is 41.0 Å². The van der Waals surface area contributed by atoms with E-state index in [9.17, 15) is 4.79 Å². The Balaban J connectivity index is 1.44. The maximum Gasteiger partial charge on any atom is 0.322 e. The molecule has 202 valence electrons. The molecule has 39 heavy (non-hydrogen) atoms. The SMILES string of the molecule is COc1ccc(-c2nc(-c3ccncc3)nn2CCN(C(=O)Nc2ccccc2SC)C2CCCC2)cc1Cl. The van der Waals surface area contributed by atoms with Gasteiger partial charge in [-0.05, 0) is 61.6 Å². The van der Waals surface area contributed by atoms with E-state index in [2.05, 4.69) is 10.3 Å². The van der Waals surface area contributed by atoms with Gasteiger partial charge in [0.2, 0.25) is 0 Å². The summed E-state index contributed by atoms with van der Waals surface area (Å²) in [7, 11) is 1.59. The molecule has 1 N–H and O–H groups in total. The molecule has 2 aromatic heterocycles. The second kappa shape index (κ2) is 12.5. The van der Waals surface area contributed by atoms with Gasteiger partial charge in [0.05, 0.1) is 24.4 Å². The van der Waals surface area contributed by atoms with Crippen molar-refractivity contribution in [2.75, 3.05) is 25.2 Å². The summed E-state index contributed by atoms with van der Waals surface area (Å²) in [6.45, 7) is 0.971. The number of hydrogen-bond acceptors (Lipinski definition) is 6. The Labute approximate surface area is 237 Å². The Morgan fingerprint density at radius 3 is 2.62 bits per heavy atom. The molecule has 2 amide bonds. The fourth-order valence-corrected chi connectivity index (χ4v) is 5.75. The molecule has 1 fully saturated rings. The molecule has 2 aromatic carbocycles. The summed E-state index contributed by atoms with van der Waals surface area (Å²) >= 11 is 8.07. The minimum Gasteiger partial charge on any atom is -0.495 e. The van der Waals surface area contributed by atoms with Gasteiger partial charge in [0.1, 0.15) is 5.75 Å². The van der Waals surface area contributed by atoms with Crippen molar-refractivity contribution in [1.29, 1.82) is 0 Å². The number of nitrogens with zero attached hydrogens (tertiary/aromatic N) is 5. The van der Waals surface area contributed by atoms with Gasteiger partial charge >= 0.3 is 6.03 Å². The van der Waals surface area contributed by atoms with E-state index in [1.54, 1.807) is 31.3 Å². The standard InChI is InChI=1S/C29H31ClN6O2S/c1-38-25-12-11-21(19-23(25)30)28-33-27(20-13-15-31-16-14-20)34-36(28)18-17-35(22-7-3-4-8-22)29(37)32-24-9-5-6-10-26(24)39-2/h5-6,9-16,19,22H,3-4,7-8,17-18H2,1-2H3,(H,32,37). The van der Waals surface area contributed by atoms with Crippen molar-refractivity contribution in [3.05, 3.63) is 72.0 Å². The Bertz CT molecular complexity index is 1420. The number of ether oxygens (including phenoxy) is 1. The van der Waals surface area contributed by atoms with Gasteiger partial charge in [-0.2, -0.15) is 5.10 Å². The van der Waals surface area contributed by atoms with Crippen LogP contribution in [-0.4, -0.2) is 56.6 Å². The van der Waals surface area contributed by atoms with E-state index in [4.69, 9.17) is 26.4 Å². The van der Waals surface area contributed by atoms with E-state index >= 15 is 0 Å². The average molecular weight is 563 g/mol. The molecule has 0 saturated heterocycles. The predicted molar refractivity (Wildman–Crippen MR) is 156 cm³/mol. The zero-order valence-corrected chi connectivity index (χ0v) is 23.6. The number of pyridine rings is 1. The van der Waals surface area contributed by atoms with Crippen molar-refractivity contribution in [2.45, 2.75) is 43.2 Å². The Morgan fingerprint density at radius 2 is 1.90 bits per heavy atom. The number of carbonyl (C=O) groups is 1. The monoisotopic (exact) mass is 562 g/mol. The highest BCUT2D eigenvalue weighted by atomic mass is 35.5. The number of urea groups is 1. The van der Waals surface area contributed by atoms with Crippen molar-refractivity contribution < 1.29 is 9.53 Å². The van der Waals surface area contributed by atoms with E-state index in [0.29, 0.717) is 35.5 Å². The quantitative estimate of drug-likeness (QED) is 0.224. The number of aromatic nitrogens is 4. The van der Waals surface area contributed by atoms with E-state index < -0.39 is 0 Å². The highest BCUT2D eigenvalue weighted by Crippen LogP contribution is 2.31. The lowest BCUT2D eigenvalue weighted by atomic mass is 10.2. The van der Waals surface area contributed by atoms with Crippen molar-refractivity contribution in [2.24, 2.45) is 0 Å². The molecule has 1 aliphatic rings. The second-order valence-corrected chi connectivity index (χ2v) is 10.6. The molecule has 8 nitrogen and oxygen atoms in total. The molecule has 0 bridgehead atoms. The van der Waals surface area contributed by atoms with Crippen molar-refractivity contribution in [3.63, 3.8) is 0 Å². The highest BCUT2D eigenvalue weighted by molar-refractivity contribution is 7.98. The smallest absolute Gasteiger partial charge is 0.322 e. The van der Waals surface area contributed by atoms with Crippen LogP contribution in [0.25, 0.3) is 22.8 Å². The summed E-state index contributed by atoms with van der Waals surface area (Å²) < 4.78 is 7.19. The first-order valence-electron chi connectivity index (χ1n) is 13.0. The van der Waals surface area contributed by atoms with Crippen molar-refractivity contribution in [3.8, 4) is 28.5 Å². The van der Waals surface area contributed by atoms with Crippen molar-refractivity contribution >= 4 is 35.1 Å². The molecule has 0 spiro atoms. The lowest BCUT2D eigenvalue weighted by Crippen LogP contribution is -2.43. The maximum atomic E-state index is 13.6. The Kier molecular flexibility index (Phi) is 8.68. The Hall–Kier alpha value is -3.56. The third-order valence-corrected chi connectivity index (χ3v) is 8.04. The molecule has 0 radical (unpaired) electrons. The number of methoxy groups -OCH3 is 1. The largest absolute Gasteiger partial charge is 0.495 e. The Morgan fingerprint density at radius 1 is 1.13 bits per heavy atom. The van der Waals surface area contributed by atoms with Gasteiger partial charge in [0.15, 0.2) is 11.6 Å². The normalized spacial score (nSPS) is 13.4. The summed E-state index contributed by atoms with van der Waals surface area (Å²) in [5.41, 5.74) is 2.51. The fourth-order valence-electron chi connectivity index (χ4n) is 4.94.